The highest BCUT2D eigenvalue weighted by Gasteiger charge is 2.16. The Bertz CT molecular complexity index is 1320. The monoisotopic (exact) mass is 426 g/mol. The van der Waals surface area contributed by atoms with Crippen molar-refractivity contribution in [2.24, 2.45) is 0 Å². The number of methoxy groups -OCH3 is 1. The first-order chi connectivity index (χ1) is 15.6. The summed E-state index contributed by atoms with van der Waals surface area (Å²) < 4.78 is 16.0. The average Bonchev–Trinajstić information content (AvgIpc) is 3.30. The third-order valence-electron chi connectivity index (χ3n) is 5.48. The molecule has 0 saturated carbocycles. The largest absolute Gasteiger partial charge is 0.497 e. The van der Waals surface area contributed by atoms with Crippen LogP contribution in [0, 0.1) is 6.92 Å². The molecule has 0 spiro atoms. The number of nitrogens with zero attached hydrogens (tertiary/aromatic N) is 1. The molecule has 0 unspecified atom stereocenters. The molecule has 0 fully saturated rings. The van der Waals surface area contributed by atoms with Crippen LogP contribution in [0.25, 0.3) is 22.2 Å². The van der Waals surface area contributed by atoms with E-state index in [1.165, 1.54) is 0 Å². The van der Waals surface area contributed by atoms with Gasteiger partial charge in [0.05, 0.1) is 23.9 Å². The number of ether oxygens (including phenoxy) is 3. The van der Waals surface area contributed by atoms with Gasteiger partial charge in [0, 0.05) is 17.5 Å². The lowest BCUT2D eigenvalue weighted by atomic mass is 10.0. The Morgan fingerprint density at radius 3 is 2.62 bits per heavy atom. The molecule has 1 aromatic heterocycles. The lowest BCUT2D eigenvalue weighted by Gasteiger charge is -2.12. The zero-order valence-electron chi connectivity index (χ0n) is 17.8. The Labute approximate surface area is 185 Å². The number of aromatic nitrogens is 1. The summed E-state index contributed by atoms with van der Waals surface area (Å²) in [6.07, 6.45) is 0. The molecule has 1 aliphatic rings. The van der Waals surface area contributed by atoms with Gasteiger partial charge in [-0.3, -0.25) is 4.79 Å². The van der Waals surface area contributed by atoms with E-state index in [9.17, 15) is 4.79 Å². The topological polar surface area (TPSA) is 69.7 Å². The van der Waals surface area contributed by atoms with Crippen LogP contribution in [0.15, 0.2) is 66.7 Å². The Balaban J connectivity index is 1.47. The minimum atomic E-state index is -0.157. The molecule has 0 saturated heterocycles. The van der Waals surface area contributed by atoms with Crippen LogP contribution in [-0.4, -0.2) is 24.8 Å². The smallest absolute Gasteiger partial charge is 0.252 e. The third kappa shape index (κ3) is 3.83. The Kier molecular flexibility index (Phi) is 5.11. The number of rotatable bonds is 5. The zero-order valence-corrected chi connectivity index (χ0v) is 17.8. The summed E-state index contributed by atoms with van der Waals surface area (Å²) in [4.78, 5) is 18.0. The first-order valence-corrected chi connectivity index (χ1v) is 10.3. The van der Waals surface area contributed by atoms with Crippen molar-refractivity contribution in [2.75, 3.05) is 13.9 Å². The van der Waals surface area contributed by atoms with E-state index in [-0.39, 0.29) is 12.7 Å². The van der Waals surface area contributed by atoms with Gasteiger partial charge in [0.25, 0.3) is 5.91 Å². The quantitative estimate of drug-likeness (QED) is 0.493. The Hall–Kier alpha value is -4.06. The van der Waals surface area contributed by atoms with E-state index in [1.807, 2.05) is 73.7 Å². The Morgan fingerprint density at radius 1 is 1.00 bits per heavy atom. The number of hydrogen-bond acceptors (Lipinski definition) is 5. The van der Waals surface area contributed by atoms with Crippen LogP contribution < -0.4 is 19.5 Å². The number of hydrogen-bond donors (Lipinski definition) is 1. The van der Waals surface area contributed by atoms with Crippen molar-refractivity contribution in [2.45, 2.75) is 13.5 Å². The lowest BCUT2D eigenvalue weighted by molar-refractivity contribution is 0.0952. The SMILES string of the molecule is COc1ccc(-c2cc(C(=O)NCc3ccc4c(c3)OCO4)c3cc(C)ccc3n2)cc1. The number of amides is 1. The number of aryl methyl sites for hydroxylation is 1. The summed E-state index contributed by atoms with van der Waals surface area (Å²) in [6.45, 7) is 2.61. The highest BCUT2D eigenvalue weighted by molar-refractivity contribution is 6.07. The van der Waals surface area contributed by atoms with Gasteiger partial charge in [-0.2, -0.15) is 0 Å². The summed E-state index contributed by atoms with van der Waals surface area (Å²) in [6, 6.07) is 21.1. The molecule has 0 radical (unpaired) electrons. The van der Waals surface area contributed by atoms with Gasteiger partial charge in [0.15, 0.2) is 11.5 Å². The van der Waals surface area contributed by atoms with Gasteiger partial charge in [-0.1, -0.05) is 17.7 Å². The van der Waals surface area contributed by atoms with E-state index in [1.54, 1.807) is 7.11 Å². The molecule has 2 heterocycles. The van der Waals surface area contributed by atoms with Crippen LogP contribution in [0.2, 0.25) is 0 Å². The van der Waals surface area contributed by atoms with Gasteiger partial charge in [-0.25, -0.2) is 4.98 Å². The molecule has 1 aliphatic heterocycles. The van der Waals surface area contributed by atoms with E-state index >= 15 is 0 Å². The van der Waals surface area contributed by atoms with Gasteiger partial charge < -0.3 is 19.5 Å². The first-order valence-electron chi connectivity index (χ1n) is 10.3. The number of pyridine rings is 1. The van der Waals surface area contributed by atoms with Crippen molar-refractivity contribution >= 4 is 16.8 Å². The number of fused-ring (bicyclic) bond motifs is 2. The van der Waals surface area contributed by atoms with Crippen LogP contribution in [0.4, 0.5) is 0 Å². The number of nitrogens with one attached hydrogen (secondary N) is 1. The molecule has 1 amide bonds. The molecule has 32 heavy (non-hydrogen) atoms. The van der Waals surface area contributed by atoms with E-state index < -0.39 is 0 Å². The molecule has 6 heteroatoms. The molecule has 4 aromatic rings. The van der Waals surface area contributed by atoms with Gasteiger partial charge in [0.2, 0.25) is 6.79 Å². The second-order valence-electron chi connectivity index (χ2n) is 7.67. The highest BCUT2D eigenvalue weighted by atomic mass is 16.7. The van der Waals surface area contributed by atoms with E-state index in [0.29, 0.717) is 17.9 Å². The molecule has 160 valence electrons. The molecule has 3 aromatic carbocycles. The van der Waals surface area contributed by atoms with Crippen LogP contribution in [0.1, 0.15) is 21.5 Å². The summed E-state index contributed by atoms with van der Waals surface area (Å²) in [5, 5.41) is 3.86. The first kappa shape index (κ1) is 19.9. The summed E-state index contributed by atoms with van der Waals surface area (Å²) >= 11 is 0. The highest BCUT2D eigenvalue weighted by Crippen LogP contribution is 2.32. The van der Waals surface area contributed by atoms with Crippen molar-refractivity contribution in [3.63, 3.8) is 0 Å². The molecule has 0 atom stereocenters. The summed E-state index contributed by atoms with van der Waals surface area (Å²) in [7, 11) is 1.63. The van der Waals surface area contributed by atoms with Gasteiger partial charge in [-0.15, -0.1) is 0 Å². The zero-order chi connectivity index (χ0) is 22.1. The molecule has 0 bridgehead atoms. The normalized spacial score (nSPS) is 12.1. The van der Waals surface area contributed by atoms with Crippen molar-refractivity contribution in [3.05, 3.63) is 83.4 Å². The standard InChI is InChI=1S/C26H22N2O4/c1-16-3-9-22-20(11-16)21(13-23(28-22)18-5-7-19(30-2)8-6-18)26(29)27-14-17-4-10-24-25(12-17)32-15-31-24/h3-13H,14-15H2,1-2H3,(H,27,29). The second-order valence-corrected chi connectivity index (χ2v) is 7.67. The molecule has 0 aliphatic carbocycles. The van der Waals surface area contributed by atoms with E-state index in [0.717, 1.165) is 44.8 Å². The van der Waals surface area contributed by atoms with Crippen LogP contribution >= 0.6 is 0 Å². The third-order valence-corrected chi connectivity index (χ3v) is 5.48. The molecule has 5 rings (SSSR count). The van der Waals surface area contributed by atoms with Crippen molar-refractivity contribution in [3.8, 4) is 28.5 Å². The maximum atomic E-state index is 13.2. The number of carbonyl (C=O) groups excluding carboxylic acids is 1. The minimum absolute atomic E-state index is 0.157. The van der Waals surface area contributed by atoms with Crippen LogP contribution in [0.3, 0.4) is 0 Å². The number of carbonyl (C=O) groups is 1. The van der Waals surface area contributed by atoms with Gasteiger partial charge in [-0.05, 0) is 67.1 Å². The molecule has 6 nitrogen and oxygen atoms in total. The lowest BCUT2D eigenvalue weighted by Crippen LogP contribution is -2.23. The minimum Gasteiger partial charge on any atom is -0.497 e. The number of benzene rings is 3. The van der Waals surface area contributed by atoms with Crippen LogP contribution in [0.5, 0.6) is 17.2 Å². The second kappa shape index (κ2) is 8.23. The average molecular weight is 426 g/mol. The van der Waals surface area contributed by atoms with Crippen molar-refractivity contribution < 1.29 is 19.0 Å². The molecular weight excluding hydrogens is 404 g/mol. The summed E-state index contributed by atoms with van der Waals surface area (Å²) in [5.74, 6) is 2.03. The van der Waals surface area contributed by atoms with Crippen LogP contribution in [-0.2, 0) is 6.54 Å². The van der Waals surface area contributed by atoms with Gasteiger partial charge >= 0.3 is 0 Å². The predicted molar refractivity (Wildman–Crippen MR) is 122 cm³/mol. The van der Waals surface area contributed by atoms with E-state index in [4.69, 9.17) is 19.2 Å². The van der Waals surface area contributed by atoms with E-state index in [2.05, 4.69) is 5.32 Å². The van der Waals surface area contributed by atoms with Gasteiger partial charge in [0.1, 0.15) is 5.75 Å². The summed E-state index contributed by atoms with van der Waals surface area (Å²) in [5.41, 5.74) is 5.02. The predicted octanol–water partition coefficient (Wildman–Crippen LogP) is 4.88. The maximum Gasteiger partial charge on any atom is 0.252 e. The van der Waals surface area contributed by atoms with Crippen molar-refractivity contribution in [1.82, 2.24) is 10.3 Å². The fraction of sp³-hybridized carbons (Fsp3) is 0.154. The fourth-order valence-corrected chi connectivity index (χ4v) is 3.77. The maximum absolute atomic E-state index is 13.2. The fourth-order valence-electron chi connectivity index (χ4n) is 3.77. The van der Waals surface area contributed by atoms with Crippen molar-refractivity contribution in [1.29, 1.82) is 0 Å². The molecular formula is C26H22N2O4. The molecule has 1 N–H and O–H groups in total. The Morgan fingerprint density at radius 2 is 1.81 bits per heavy atom.